The Balaban J connectivity index is 1.67. The highest BCUT2D eigenvalue weighted by atomic mass is 35.5. The topological polar surface area (TPSA) is 82.9 Å². The minimum absolute atomic E-state index is 0.0609. The van der Waals surface area contributed by atoms with Crippen molar-refractivity contribution in [2.75, 3.05) is 26.0 Å². The minimum Gasteiger partial charge on any atom is -0.468 e. The zero-order valence-corrected chi connectivity index (χ0v) is 19.6. The van der Waals surface area contributed by atoms with Gasteiger partial charge in [0.25, 0.3) is 0 Å². The monoisotopic (exact) mass is 475 g/mol. The number of rotatable bonds is 10. The van der Waals surface area contributed by atoms with Gasteiger partial charge in [0.2, 0.25) is 15.9 Å². The van der Waals surface area contributed by atoms with Gasteiger partial charge in [-0.1, -0.05) is 41.9 Å². The number of halogens is 1. The summed E-state index contributed by atoms with van der Waals surface area (Å²) in [5.41, 5.74) is 1.39. The number of benzene rings is 2. The third-order valence-corrected chi connectivity index (χ3v) is 6.99. The number of nitrogens with zero attached hydrogens (tertiary/aromatic N) is 2. The first kappa shape index (κ1) is 24.0. The third-order valence-electron chi connectivity index (χ3n) is 4.85. The van der Waals surface area contributed by atoms with Gasteiger partial charge in [-0.2, -0.15) is 0 Å². The van der Waals surface area contributed by atoms with E-state index in [0.717, 1.165) is 15.6 Å². The van der Waals surface area contributed by atoms with Gasteiger partial charge in [-0.25, -0.2) is 12.7 Å². The quantitative estimate of drug-likeness (QED) is 0.475. The number of hydrogen-bond acceptors (Lipinski definition) is 5. The van der Waals surface area contributed by atoms with Gasteiger partial charge in [0.1, 0.15) is 5.76 Å². The van der Waals surface area contributed by atoms with Crippen LogP contribution < -0.4 is 5.32 Å². The molecule has 3 rings (SSSR count). The molecule has 0 bridgehead atoms. The van der Waals surface area contributed by atoms with Gasteiger partial charge in [-0.3, -0.25) is 9.69 Å². The van der Waals surface area contributed by atoms with Crippen LogP contribution >= 0.6 is 11.6 Å². The summed E-state index contributed by atoms with van der Waals surface area (Å²) in [6.45, 7) is 1.70. The van der Waals surface area contributed by atoms with Crippen LogP contribution in [0.4, 0.5) is 5.69 Å². The van der Waals surface area contributed by atoms with Crippen LogP contribution in [-0.2, 0) is 27.9 Å². The molecule has 0 radical (unpaired) electrons. The molecule has 170 valence electrons. The number of carbonyl (C=O) groups is 1. The van der Waals surface area contributed by atoms with Gasteiger partial charge in [0.15, 0.2) is 0 Å². The highest BCUT2D eigenvalue weighted by molar-refractivity contribution is 7.89. The molecular formula is C23H26ClN3O4S. The van der Waals surface area contributed by atoms with Crippen LogP contribution in [0.3, 0.4) is 0 Å². The molecule has 3 aromatic rings. The Morgan fingerprint density at radius 1 is 1.03 bits per heavy atom. The molecule has 1 aromatic heterocycles. The van der Waals surface area contributed by atoms with Gasteiger partial charge < -0.3 is 9.73 Å². The first-order valence-corrected chi connectivity index (χ1v) is 11.9. The molecule has 0 spiro atoms. The van der Waals surface area contributed by atoms with Gasteiger partial charge in [-0.05, 0) is 35.9 Å². The molecule has 0 fully saturated rings. The zero-order valence-electron chi connectivity index (χ0n) is 18.0. The van der Waals surface area contributed by atoms with Crippen molar-refractivity contribution in [3.8, 4) is 0 Å². The lowest BCUT2D eigenvalue weighted by molar-refractivity contribution is -0.116. The summed E-state index contributed by atoms with van der Waals surface area (Å²) in [6.07, 6.45) is 1.83. The predicted octanol–water partition coefficient (Wildman–Crippen LogP) is 4.21. The highest BCUT2D eigenvalue weighted by Crippen LogP contribution is 2.26. The van der Waals surface area contributed by atoms with Crippen molar-refractivity contribution in [1.82, 2.24) is 9.21 Å². The molecule has 0 aliphatic rings. The van der Waals surface area contributed by atoms with Crippen molar-refractivity contribution in [2.24, 2.45) is 0 Å². The van der Waals surface area contributed by atoms with Crippen LogP contribution in [0.25, 0.3) is 0 Å². The van der Waals surface area contributed by atoms with Crippen LogP contribution in [0.2, 0.25) is 5.02 Å². The second-order valence-corrected chi connectivity index (χ2v) is 10.1. The molecule has 1 heterocycles. The molecule has 7 nitrogen and oxygen atoms in total. The summed E-state index contributed by atoms with van der Waals surface area (Å²) < 4.78 is 31.3. The maximum absolute atomic E-state index is 12.6. The van der Waals surface area contributed by atoms with E-state index >= 15 is 0 Å². The van der Waals surface area contributed by atoms with Crippen LogP contribution in [0.15, 0.2) is 76.2 Å². The molecule has 9 heteroatoms. The molecule has 0 aliphatic heterocycles. The van der Waals surface area contributed by atoms with E-state index in [0.29, 0.717) is 19.6 Å². The van der Waals surface area contributed by atoms with Crippen LogP contribution in [0.1, 0.15) is 17.7 Å². The van der Waals surface area contributed by atoms with Crippen molar-refractivity contribution in [3.05, 3.63) is 83.3 Å². The van der Waals surface area contributed by atoms with Crippen LogP contribution in [0, 0.1) is 0 Å². The smallest absolute Gasteiger partial charge is 0.242 e. The number of sulfonamides is 1. The summed E-state index contributed by atoms with van der Waals surface area (Å²) in [5.74, 6) is 0.551. The molecule has 0 saturated carbocycles. The molecule has 0 saturated heterocycles. The minimum atomic E-state index is -3.64. The molecule has 32 heavy (non-hydrogen) atoms. The van der Waals surface area contributed by atoms with E-state index in [1.165, 1.54) is 32.3 Å². The van der Waals surface area contributed by atoms with E-state index in [9.17, 15) is 13.2 Å². The molecule has 1 amide bonds. The summed E-state index contributed by atoms with van der Waals surface area (Å²) in [7, 11) is -0.743. The Bertz CT molecular complexity index is 1130. The van der Waals surface area contributed by atoms with Crippen LogP contribution in [-0.4, -0.2) is 44.2 Å². The van der Waals surface area contributed by atoms with Crippen molar-refractivity contribution in [3.63, 3.8) is 0 Å². The average molecular weight is 476 g/mol. The first-order valence-electron chi connectivity index (χ1n) is 10.1. The number of nitrogens with one attached hydrogen (secondary N) is 1. The molecular weight excluding hydrogens is 450 g/mol. The van der Waals surface area contributed by atoms with Gasteiger partial charge >= 0.3 is 0 Å². The Labute approximate surface area is 193 Å². The average Bonchev–Trinajstić information content (AvgIpc) is 3.27. The fraction of sp³-hybridized carbons (Fsp3) is 0.261. The lowest BCUT2D eigenvalue weighted by atomic mass is 10.2. The Morgan fingerprint density at radius 2 is 1.78 bits per heavy atom. The Kier molecular flexibility index (Phi) is 8.09. The number of anilines is 1. The summed E-state index contributed by atoms with van der Waals surface area (Å²) in [4.78, 5) is 14.8. The number of carbonyl (C=O) groups excluding carboxylic acids is 1. The van der Waals surface area contributed by atoms with Gasteiger partial charge in [0.05, 0.1) is 28.4 Å². The lowest BCUT2D eigenvalue weighted by Crippen LogP contribution is -2.27. The standard InChI is InChI=1S/C23H26ClN3O4S/c1-26(2)32(29,30)20-10-11-21(24)22(15-20)25-23(28)12-13-27(17-19-9-6-14-31-19)16-18-7-4-3-5-8-18/h3-11,14-15H,12-13,16-17H2,1-2H3,(H,25,28). The van der Waals surface area contributed by atoms with E-state index in [2.05, 4.69) is 10.2 Å². The SMILES string of the molecule is CN(C)S(=O)(=O)c1ccc(Cl)c(NC(=O)CCN(Cc2ccccc2)Cc2ccco2)c1. The maximum atomic E-state index is 12.6. The maximum Gasteiger partial charge on any atom is 0.242 e. The molecule has 2 aromatic carbocycles. The van der Waals surface area contributed by atoms with E-state index in [-0.39, 0.29) is 27.9 Å². The van der Waals surface area contributed by atoms with Gasteiger partial charge in [0, 0.05) is 33.6 Å². The predicted molar refractivity (Wildman–Crippen MR) is 125 cm³/mol. The molecule has 0 unspecified atom stereocenters. The fourth-order valence-corrected chi connectivity index (χ4v) is 4.22. The van der Waals surface area contributed by atoms with Crippen molar-refractivity contribution in [2.45, 2.75) is 24.4 Å². The molecule has 1 N–H and O–H groups in total. The van der Waals surface area contributed by atoms with E-state index in [4.69, 9.17) is 16.0 Å². The second-order valence-electron chi connectivity index (χ2n) is 7.50. The number of hydrogen-bond donors (Lipinski definition) is 1. The zero-order chi connectivity index (χ0) is 23.1. The Hall–Kier alpha value is -2.65. The van der Waals surface area contributed by atoms with Gasteiger partial charge in [-0.15, -0.1) is 0 Å². The van der Waals surface area contributed by atoms with Crippen molar-refractivity contribution in [1.29, 1.82) is 0 Å². The summed E-state index contributed by atoms with van der Waals surface area (Å²) >= 11 is 6.19. The lowest BCUT2D eigenvalue weighted by Gasteiger charge is -2.21. The second kappa shape index (κ2) is 10.8. The number of amides is 1. The molecule has 0 atom stereocenters. The highest BCUT2D eigenvalue weighted by Gasteiger charge is 2.19. The largest absolute Gasteiger partial charge is 0.468 e. The van der Waals surface area contributed by atoms with E-state index < -0.39 is 10.0 Å². The van der Waals surface area contributed by atoms with Crippen molar-refractivity contribution < 1.29 is 17.6 Å². The first-order chi connectivity index (χ1) is 15.3. The van der Waals surface area contributed by atoms with Crippen molar-refractivity contribution >= 4 is 33.2 Å². The summed E-state index contributed by atoms with van der Waals surface area (Å²) in [6, 6.07) is 18.0. The van der Waals surface area contributed by atoms with E-state index in [1.54, 1.807) is 6.26 Å². The number of furan rings is 1. The molecule has 0 aliphatic carbocycles. The fourth-order valence-electron chi connectivity index (χ4n) is 3.12. The normalized spacial score (nSPS) is 11.8. The Morgan fingerprint density at radius 3 is 2.44 bits per heavy atom. The van der Waals surface area contributed by atoms with E-state index in [1.807, 2.05) is 42.5 Å². The van der Waals surface area contributed by atoms with Crippen LogP contribution in [0.5, 0.6) is 0 Å². The third kappa shape index (κ3) is 6.43. The summed E-state index contributed by atoms with van der Waals surface area (Å²) in [5, 5.41) is 3.01.